The maximum atomic E-state index is 13.2. The number of esters is 1. The van der Waals surface area contributed by atoms with E-state index in [0.29, 0.717) is 30.2 Å². The summed E-state index contributed by atoms with van der Waals surface area (Å²) in [5.41, 5.74) is 7.67. The third-order valence-corrected chi connectivity index (χ3v) is 6.75. The summed E-state index contributed by atoms with van der Waals surface area (Å²) in [6.07, 6.45) is 0. The average molecular weight is 611 g/mol. The Balaban J connectivity index is 0.00000368. The van der Waals surface area contributed by atoms with Gasteiger partial charge in [0.25, 0.3) is 6.01 Å². The van der Waals surface area contributed by atoms with Gasteiger partial charge in [0.2, 0.25) is 0 Å². The van der Waals surface area contributed by atoms with Crippen molar-refractivity contribution in [3.8, 4) is 17.1 Å². The number of para-hydroxylation sites is 2. The number of rotatable bonds is 9. The van der Waals surface area contributed by atoms with Gasteiger partial charge in [-0.05, 0) is 43.2 Å². The van der Waals surface area contributed by atoms with Crippen molar-refractivity contribution < 1.29 is 32.7 Å². The molecule has 13 heteroatoms. The summed E-state index contributed by atoms with van der Waals surface area (Å²) in [7, 11) is 0. The van der Waals surface area contributed by atoms with Crippen molar-refractivity contribution >= 4 is 80.0 Å². The van der Waals surface area contributed by atoms with Crippen molar-refractivity contribution in [2.75, 3.05) is 18.2 Å². The number of nitrogens with one attached hydrogen (secondary N) is 1. The van der Waals surface area contributed by atoms with Crippen molar-refractivity contribution in [2.45, 2.75) is 27.0 Å². The number of hydrogen-bond acceptors (Lipinski definition) is 11. The number of hydrogen-bond donors (Lipinski definition) is 1. The van der Waals surface area contributed by atoms with E-state index >= 15 is 0 Å². The second kappa shape index (κ2) is 13.3. The molecule has 216 valence electrons. The van der Waals surface area contributed by atoms with E-state index in [0.717, 1.165) is 22.4 Å². The molecule has 2 aromatic heterocycles. The van der Waals surface area contributed by atoms with Gasteiger partial charge in [-0.15, -0.1) is 0 Å². The zero-order valence-corrected chi connectivity index (χ0v) is 22.8. The van der Waals surface area contributed by atoms with Gasteiger partial charge < -0.3 is 23.1 Å². The molecule has 0 spiro atoms. The van der Waals surface area contributed by atoms with Crippen LogP contribution < -0.4 is 21.2 Å². The number of carbonyl (C=O) groups is 2. The minimum absolute atomic E-state index is 0. The summed E-state index contributed by atoms with van der Waals surface area (Å²) < 4.78 is 22.9. The van der Waals surface area contributed by atoms with Crippen LogP contribution in [0.1, 0.15) is 34.4 Å². The Hall–Kier alpha value is -3.72. The Labute approximate surface area is 287 Å². The number of aromatic nitrogens is 2. The van der Waals surface area contributed by atoms with E-state index in [-0.39, 0.29) is 87.6 Å². The predicted octanol–water partition coefficient (Wildman–Crippen LogP) is 3.50. The number of hydrazine groups is 1. The van der Waals surface area contributed by atoms with Gasteiger partial charge in [0.05, 0.1) is 35.4 Å². The van der Waals surface area contributed by atoms with Gasteiger partial charge in [0.1, 0.15) is 6.54 Å². The van der Waals surface area contributed by atoms with Crippen molar-refractivity contribution in [1.82, 2.24) is 15.1 Å². The number of anilines is 1. The van der Waals surface area contributed by atoms with Crippen LogP contribution in [-0.4, -0.2) is 86.0 Å². The molecule has 1 N–H and O–H groups in total. The van der Waals surface area contributed by atoms with Crippen LogP contribution in [0, 0.1) is 6.92 Å². The van der Waals surface area contributed by atoms with Gasteiger partial charge in [-0.1, -0.05) is 54.1 Å². The molecule has 0 atom stereocenters. The number of benzene rings is 3. The molecule has 6 rings (SSSR count). The minimum atomic E-state index is -0.855. The first-order valence-electron chi connectivity index (χ1n) is 13.2. The first-order valence-corrected chi connectivity index (χ1v) is 13.2. The summed E-state index contributed by atoms with van der Waals surface area (Å²) in [5, 5.41) is 1.65. The standard InChI is InChI=1S/C30H26N4O8.K.H/c1-3-38-29-31-23-9-6-8-22(28(36)39-17-25-18(2)40-30(37)41-25)27(23)33(29)15-19-11-13-20(14-12-19)21-7-4-5-10-24(21)34-16-26(35)42-32-34;;/h4-14,32H,3,15-17H2,1-2H3;;. The van der Waals surface area contributed by atoms with Gasteiger partial charge in [-0.25, -0.2) is 14.4 Å². The molecule has 0 radical (unpaired) electrons. The fourth-order valence-corrected chi connectivity index (χ4v) is 4.79. The molecular weight excluding hydrogens is 583 g/mol. The van der Waals surface area contributed by atoms with Crippen molar-refractivity contribution in [2.24, 2.45) is 0 Å². The number of ether oxygens (including phenoxy) is 2. The quantitative estimate of drug-likeness (QED) is 0.194. The maximum absolute atomic E-state index is 13.2. The summed E-state index contributed by atoms with van der Waals surface area (Å²) in [5.74, 6) is -1.43. The summed E-state index contributed by atoms with van der Waals surface area (Å²) >= 11 is 0. The Kier molecular flexibility index (Phi) is 9.49. The first-order chi connectivity index (χ1) is 20.4. The average Bonchev–Trinajstić information content (AvgIpc) is 3.68. The molecule has 0 unspecified atom stereocenters. The predicted molar refractivity (Wildman–Crippen MR) is 157 cm³/mol. The number of imidazole rings is 1. The van der Waals surface area contributed by atoms with Crippen LogP contribution >= 0.6 is 0 Å². The van der Waals surface area contributed by atoms with Crippen molar-refractivity contribution in [3.05, 3.63) is 100.0 Å². The normalized spacial score (nSPS) is 12.7. The molecule has 0 amide bonds. The van der Waals surface area contributed by atoms with E-state index in [1.54, 1.807) is 30.1 Å². The molecule has 0 aliphatic carbocycles. The Bertz CT molecular complexity index is 1840. The first kappa shape index (κ1) is 30.7. The van der Waals surface area contributed by atoms with Crippen LogP contribution in [0.5, 0.6) is 6.01 Å². The Morgan fingerprint density at radius 2 is 1.81 bits per heavy atom. The van der Waals surface area contributed by atoms with Crippen LogP contribution in [0.4, 0.5) is 5.69 Å². The van der Waals surface area contributed by atoms with E-state index in [2.05, 4.69) is 10.6 Å². The second-order valence-corrected chi connectivity index (χ2v) is 9.46. The van der Waals surface area contributed by atoms with E-state index in [1.807, 2.05) is 60.0 Å². The summed E-state index contributed by atoms with van der Waals surface area (Å²) in [6.45, 7) is 4.01. The van der Waals surface area contributed by atoms with Gasteiger partial charge in [0, 0.05) is 5.56 Å². The summed E-state index contributed by atoms with van der Waals surface area (Å²) in [4.78, 5) is 45.7. The molecule has 3 heterocycles. The van der Waals surface area contributed by atoms with Crippen LogP contribution in [0.2, 0.25) is 0 Å². The molecule has 5 aromatic rings. The monoisotopic (exact) mass is 610 g/mol. The third-order valence-electron chi connectivity index (χ3n) is 6.75. The molecule has 0 bridgehead atoms. The molecule has 3 aromatic carbocycles. The fraction of sp³-hybridized carbons (Fsp3) is 0.200. The number of fused-ring (bicyclic) bond motifs is 1. The zero-order chi connectivity index (χ0) is 29.2. The SMILES string of the molecule is CCOc1nc2cccc(C(=O)OCc3oc(=O)oc3C)c2n1Cc1ccc(-c2ccccc2N2CC(=O)ON2)cc1.[KH]. The number of aryl methyl sites for hydroxylation is 1. The van der Waals surface area contributed by atoms with Crippen LogP contribution in [0.3, 0.4) is 0 Å². The van der Waals surface area contributed by atoms with E-state index < -0.39 is 11.8 Å². The molecule has 0 saturated carbocycles. The van der Waals surface area contributed by atoms with E-state index in [1.165, 1.54) is 0 Å². The topological polar surface area (TPSA) is 138 Å². The molecular formula is C30H27KN4O8. The van der Waals surface area contributed by atoms with Crippen LogP contribution in [0.25, 0.3) is 22.2 Å². The summed E-state index contributed by atoms with van der Waals surface area (Å²) in [6, 6.07) is 21.2. The van der Waals surface area contributed by atoms with Gasteiger partial charge in [-0.3, -0.25) is 9.58 Å². The van der Waals surface area contributed by atoms with Crippen LogP contribution in [-0.2, 0) is 27.5 Å². The second-order valence-electron chi connectivity index (χ2n) is 9.46. The van der Waals surface area contributed by atoms with E-state index in [9.17, 15) is 14.4 Å². The molecule has 1 fully saturated rings. The van der Waals surface area contributed by atoms with Gasteiger partial charge in [-0.2, -0.15) is 4.98 Å². The molecule has 43 heavy (non-hydrogen) atoms. The van der Waals surface area contributed by atoms with Crippen molar-refractivity contribution in [1.29, 1.82) is 0 Å². The van der Waals surface area contributed by atoms with Crippen molar-refractivity contribution in [3.63, 3.8) is 0 Å². The zero-order valence-electron chi connectivity index (χ0n) is 22.8. The third kappa shape index (κ3) is 6.46. The Morgan fingerprint density at radius 3 is 2.51 bits per heavy atom. The Morgan fingerprint density at radius 1 is 1.02 bits per heavy atom. The van der Waals surface area contributed by atoms with Gasteiger partial charge in [0.15, 0.2) is 18.1 Å². The fourth-order valence-electron chi connectivity index (χ4n) is 4.79. The number of nitrogens with zero attached hydrogens (tertiary/aromatic N) is 3. The number of carbonyl (C=O) groups excluding carboxylic acids is 2. The molecule has 12 nitrogen and oxygen atoms in total. The van der Waals surface area contributed by atoms with E-state index in [4.69, 9.17) is 23.1 Å². The molecule has 1 saturated heterocycles. The molecule has 1 aliphatic heterocycles. The van der Waals surface area contributed by atoms with Crippen LogP contribution in [0.15, 0.2) is 80.4 Å². The van der Waals surface area contributed by atoms with Gasteiger partial charge >= 0.3 is 69.1 Å². The molecule has 1 aliphatic rings.